The lowest BCUT2D eigenvalue weighted by atomic mass is 10.1. The molecule has 33 heavy (non-hydrogen) atoms. The zero-order valence-electron chi connectivity index (χ0n) is 18.1. The molecule has 9 nitrogen and oxygen atoms in total. The van der Waals surface area contributed by atoms with E-state index >= 15 is 0 Å². The number of hydrogen-bond donors (Lipinski definition) is 1. The van der Waals surface area contributed by atoms with Gasteiger partial charge in [-0.25, -0.2) is 4.52 Å². The number of rotatable bonds is 6. The number of methoxy groups -OCH3 is 1. The molecular formula is C24H21N5O4. The summed E-state index contributed by atoms with van der Waals surface area (Å²) in [5.41, 5.74) is 3.71. The molecule has 3 heterocycles. The van der Waals surface area contributed by atoms with Crippen molar-refractivity contribution in [3.05, 3.63) is 88.3 Å². The van der Waals surface area contributed by atoms with Crippen LogP contribution in [-0.4, -0.2) is 36.5 Å². The maximum Gasteiger partial charge on any atom is 0.277 e. The van der Waals surface area contributed by atoms with E-state index in [1.807, 2.05) is 43.3 Å². The first kappa shape index (κ1) is 20.7. The van der Waals surface area contributed by atoms with Crippen LogP contribution in [0.1, 0.15) is 17.0 Å². The average Bonchev–Trinajstić information content (AvgIpc) is 3.46. The molecular weight excluding hydrogens is 422 g/mol. The summed E-state index contributed by atoms with van der Waals surface area (Å²) in [7, 11) is 1.59. The van der Waals surface area contributed by atoms with E-state index in [9.17, 15) is 9.90 Å². The summed E-state index contributed by atoms with van der Waals surface area (Å²) in [6.07, 6.45) is 3.28. The molecule has 9 heteroatoms. The highest BCUT2D eigenvalue weighted by molar-refractivity contribution is 5.72. The number of benzene rings is 2. The van der Waals surface area contributed by atoms with Gasteiger partial charge in [0, 0.05) is 29.1 Å². The predicted molar refractivity (Wildman–Crippen MR) is 121 cm³/mol. The molecule has 0 unspecified atom stereocenters. The van der Waals surface area contributed by atoms with Crippen LogP contribution in [0.3, 0.4) is 0 Å². The van der Waals surface area contributed by atoms with Gasteiger partial charge in [0.25, 0.3) is 5.56 Å². The lowest BCUT2D eigenvalue weighted by Gasteiger charge is -2.04. The highest BCUT2D eigenvalue weighted by Gasteiger charge is 2.19. The van der Waals surface area contributed by atoms with Gasteiger partial charge in [-0.2, -0.15) is 10.1 Å². The van der Waals surface area contributed by atoms with E-state index in [-0.39, 0.29) is 18.7 Å². The van der Waals surface area contributed by atoms with Crippen molar-refractivity contribution in [3.8, 4) is 28.4 Å². The van der Waals surface area contributed by atoms with E-state index in [0.29, 0.717) is 34.2 Å². The number of aromatic nitrogens is 5. The average molecular weight is 443 g/mol. The van der Waals surface area contributed by atoms with Crippen molar-refractivity contribution in [1.82, 2.24) is 24.3 Å². The number of aliphatic hydroxyl groups is 1. The first-order valence-electron chi connectivity index (χ1n) is 10.3. The van der Waals surface area contributed by atoms with Gasteiger partial charge >= 0.3 is 0 Å². The monoisotopic (exact) mass is 443 g/mol. The highest BCUT2D eigenvalue weighted by atomic mass is 16.5. The van der Waals surface area contributed by atoms with Crippen LogP contribution >= 0.6 is 0 Å². The smallest absolute Gasteiger partial charge is 0.277 e. The molecule has 3 aromatic heterocycles. The predicted octanol–water partition coefficient (Wildman–Crippen LogP) is 3.07. The maximum atomic E-state index is 13.3. The first-order chi connectivity index (χ1) is 16.1. The van der Waals surface area contributed by atoms with Crippen LogP contribution in [-0.2, 0) is 13.2 Å². The molecule has 0 aliphatic heterocycles. The molecule has 2 aromatic carbocycles. The molecule has 0 amide bonds. The quantitative estimate of drug-likeness (QED) is 0.430. The van der Waals surface area contributed by atoms with Crippen molar-refractivity contribution in [3.63, 3.8) is 0 Å². The van der Waals surface area contributed by atoms with Crippen LogP contribution in [0.25, 0.3) is 28.2 Å². The van der Waals surface area contributed by atoms with E-state index < -0.39 is 0 Å². The summed E-state index contributed by atoms with van der Waals surface area (Å²) in [5, 5.41) is 18.6. The Hall–Kier alpha value is -4.24. The third-order valence-electron chi connectivity index (χ3n) is 5.46. The number of aliphatic hydroxyl groups excluding tert-OH is 1. The molecule has 0 bridgehead atoms. The van der Waals surface area contributed by atoms with Gasteiger partial charge in [0.05, 0.1) is 19.4 Å². The molecule has 0 radical (unpaired) electrons. The number of nitrogens with zero attached hydrogens (tertiary/aromatic N) is 5. The number of hydrogen-bond acceptors (Lipinski definition) is 7. The number of fused-ring (bicyclic) bond motifs is 1. The lowest BCUT2D eigenvalue weighted by molar-refractivity contribution is 0.283. The van der Waals surface area contributed by atoms with Gasteiger partial charge in [0.15, 0.2) is 0 Å². The normalized spacial score (nSPS) is 11.2. The molecule has 1 N–H and O–H groups in total. The second-order valence-corrected chi connectivity index (χ2v) is 7.62. The Morgan fingerprint density at radius 2 is 1.76 bits per heavy atom. The molecule has 5 rings (SSSR count). The topological polar surface area (TPSA) is 108 Å². The molecule has 0 aliphatic carbocycles. The van der Waals surface area contributed by atoms with Crippen LogP contribution in [0.5, 0.6) is 5.75 Å². The Morgan fingerprint density at radius 3 is 2.45 bits per heavy atom. The maximum absolute atomic E-state index is 13.3. The summed E-state index contributed by atoms with van der Waals surface area (Å²) in [4.78, 5) is 17.7. The molecule has 0 saturated heterocycles. The van der Waals surface area contributed by atoms with Crippen molar-refractivity contribution in [2.75, 3.05) is 7.11 Å². The van der Waals surface area contributed by atoms with Crippen LogP contribution in [0.4, 0.5) is 0 Å². The lowest BCUT2D eigenvalue weighted by Crippen LogP contribution is -2.22. The highest BCUT2D eigenvalue weighted by Crippen LogP contribution is 2.26. The van der Waals surface area contributed by atoms with Gasteiger partial charge in [0.2, 0.25) is 11.7 Å². The molecule has 0 atom stereocenters. The third kappa shape index (κ3) is 3.79. The molecule has 0 fully saturated rings. The summed E-state index contributed by atoms with van der Waals surface area (Å²) >= 11 is 0. The zero-order valence-corrected chi connectivity index (χ0v) is 18.1. The van der Waals surface area contributed by atoms with Crippen molar-refractivity contribution < 1.29 is 14.4 Å². The molecule has 5 aromatic rings. The van der Waals surface area contributed by atoms with E-state index in [4.69, 9.17) is 9.26 Å². The van der Waals surface area contributed by atoms with Gasteiger partial charge in [0.1, 0.15) is 17.8 Å². The van der Waals surface area contributed by atoms with Crippen molar-refractivity contribution in [2.45, 2.75) is 20.1 Å². The molecule has 0 saturated carbocycles. The fraction of sp³-hybridized carbons (Fsp3) is 0.167. The Morgan fingerprint density at radius 1 is 1.03 bits per heavy atom. The fourth-order valence-electron chi connectivity index (χ4n) is 3.69. The molecule has 0 spiro atoms. The molecule has 0 aliphatic rings. The van der Waals surface area contributed by atoms with Gasteiger partial charge in [-0.15, -0.1) is 0 Å². The van der Waals surface area contributed by atoms with Crippen molar-refractivity contribution >= 4 is 5.52 Å². The van der Waals surface area contributed by atoms with E-state index in [2.05, 4.69) is 15.2 Å². The minimum atomic E-state index is -0.331. The number of aryl methyl sites for hydroxylation is 1. The minimum Gasteiger partial charge on any atom is -0.497 e. The Bertz CT molecular complexity index is 1480. The summed E-state index contributed by atoms with van der Waals surface area (Å²) in [6.45, 7) is 1.77. The summed E-state index contributed by atoms with van der Waals surface area (Å²) in [6, 6.07) is 15.1. The van der Waals surface area contributed by atoms with Crippen LogP contribution in [0, 0.1) is 6.92 Å². The largest absolute Gasteiger partial charge is 0.497 e. The summed E-state index contributed by atoms with van der Waals surface area (Å²) in [5.74, 6) is 1.47. The second kappa shape index (κ2) is 8.36. The van der Waals surface area contributed by atoms with Gasteiger partial charge in [-0.1, -0.05) is 35.0 Å². The van der Waals surface area contributed by atoms with Crippen LogP contribution in [0.2, 0.25) is 0 Å². The second-order valence-electron chi connectivity index (χ2n) is 7.62. The minimum absolute atomic E-state index is 0.0993. The van der Waals surface area contributed by atoms with E-state index in [1.165, 1.54) is 9.08 Å². The van der Waals surface area contributed by atoms with Gasteiger partial charge in [-0.05, 0) is 31.2 Å². The van der Waals surface area contributed by atoms with Crippen molar-refractivity contribution in [2.24, 2.45) is 0 Å². The van der Waals surface area contributed by atoms with Gasteiger partial charge < -0.3 is 18.9 Å². The van der Waals surface area contributed by atoms with Crippen LogP contribution < -0.4 is 10.3 Å². The van der Waals surface area contributed by atoms with E-state index in [1.54, 1.807) is 31.6 Å². The Kier molecular flexibility index (Phi) is 5.23. The zero-order chi connectivity index (χ0) is 22.9. The van der Waals surface area contributed by atoms with Crippen molar-refractivity contribution in [1.29, 1.82) is 0 Å². The Labute approximate surface area is 188 Å². The van der Waals surface area contributed by atoms with Crippen LogP contribution in [0.15, 0.2) is 70.2 Å². The third-order valence-corrected chi connectivity index (χ3v) is 5.46. The summed E-state index contributed by atoms with van der Waals surface area (Å²) < 4.78 is 13.5. The first-order valence-corrected chi connectivity index (χ1v) is 10.3. The van der Waals surface area contributed by atoms with E-state index in [0.717, 1.165) is 16.7 Å². The fourth-order valence-corrected chi connectivity index (χ4v) is 3.69. The van der Waals surface area contributed by atoms with Gasteiger partial charge in [-0.3, -0.25) is 4.79 Å². The Balaban J connectivity index is 1.50. The standard InChI is InChI=1S/C24H21N5O4/c1-15-3-5-17(6-4-15)23-25-20(33-27-23)13-28-11-12-29-22(24(28)31)19(14-30)21(26-29)16-7-9-18(32-2)10-8-16/h3-12,30H,13-14H2,1-2H3. The molecule has 166 valence electrons. The number of ether oxygens (including phenoxy) is 1. The SMILES string of the molecule is COc1ccc(-c2nn3ccn(Cc4nc(-c5ccc(C)cc5)no4)c(=O)c3c2CO)cc1.